The van der Waals surface area contributed by atoms with Gasteiger partial charge in [-0.3, -0.25) is 4.79 Å². The molecule has 0 saturated carbocycles. The molecule has 0 aliphatic heterocycles. The van der Waals surface area contributed by atoms with E-state index in [2.05, 4.69) is 4.98 Å². The highest BCUT2D eigenvalue weighted by Crippen LogP contribution is 2.24. The fourth-order valence-electron chi connectivity index (χ4n) is 0.954. The Morgan fingerprint density at radius 2 is 2.21 bits per heavy atom. The molecule has 0 fully saturated rings. The molecule has 3 nitrogen and oxygen atoms in total. The van der Waals surface area contributed by atoms with Crippen LogP contribution in [0.4, 0.5) is 13.2 Å². The monoisotopic (exact) mass is 200 g/mol. The molecule has 6 heteroatoms. The highest BCUT2D eigenvalue weighted by molar-refractivity contribution is 5.78. The molecule has 1 heterocycles. The first-order valence-electron chi connectivity index (χ1n) is 3.44. The van der Waals surface area contributed by atoms with E-state index in [0.29, 0.717) is 6.07 Å². The van der Waals surface area contributed by atoms with Crippen LogP contribution < -0.4 is 0 Å². The van der Waals surface area contributed by atoms with Crippen LogP contribution in [0.2, 0.25) is 0 Å². The molecule has 0 amide bonds. The molecule has 1 rings (SSSR count). The Morgan fingerprint density at radius 1 is 1.57 bits per heavy atom. The van der Waals surface area contributed by atoms with E-state index in [9.17, 15) is 18.0 Å². The minimum Gasteiger partial charge on any atom is -0.298 e. The summed E-state index contributed by atoms with van der Waals surface area (Å²) in [4.78, 5) is 13.3. The van der Waals surface area contributed by atoms with Gasteiger partial charge in [0.1, 0.15) is 6.07 Å². The predicted molar refractivity (Wildman–Crippen MR) is 39.3 cm³/mol. The van der Waals surface area contributed by atoms with Crippen LogP contribution in [0.15, 0.2) is 6.07 Å². The Morgan fingerprint density at radius 3 is 2.64 bits per heavy atom. The Balaban J connectivity index is 3.50. The summed E-state index contributed by atoms with van der Waals surface area (Å²) in [5.74, 6) is -1.13. The minimum atomic E-state index is -3.03. The van der Waals surface area contributed by atoms with Crippen molar-refractivity contribution in [1.82, 2.24) is 4.98 Å². The summed E-state index contributed by atoms with van der Waals surface area (Å²) in [7, 11) is 0. The van der Waals surface area contributed by atoms with Gasteiger partial charge in [-0.15, -0.1) is 0 Å². The van der Waals surface area contributed by atoms with E-state index in [1.807, 2.05) is 0 Å². The van der Waals surface area contributed by atoms with E-state index in [-0.39, 0.29) is 6.29 Å². The fourth-order valence-corrected chi connectivity index (χ4v) is 0.954. The van der Waals surface area contributed by atoms with Crippen LogP contribution in [-0.2, 0) is 0 Å². The van der Waals surface area contributed by atoms with Crippen LogP contribution in [0, 0.1) is 17.3 Å². The normalized spacial score (nSPS) is 9.93. The van der Waals surface area contributed by atoms with Crippen LogP contribution in [0.1, 0.15) is 28.0 Å². The molecule has 0 aliphatic carbocycles. The molecular formula is C8H3F3N2O. The molecule has 0 unspecified atom stereocenters. The maximum atomic E-state index is 12.6. The van der Waals surface area contributed by atoms with Gasteiger partial charge in [-0.2, -0.15) is 9.65 Å². The highest BCUT2D eigenvalue weighted by atomic mass is 19.3. The number of nitriles is 1. The summed E-state index contributed by atoms with van der Waals surface area (Å²) in [6.45, 7) is 0. The van der Waals surface area contributed by atoms with Crippen LogP contribution in [0.3, 0.4) is 0 Å². The number of halogens is 3. The number of alkyl halides is 2. The predicted octanol–water partition coefficient (Wildman–Crippen LogP) is 1.84. The lowest BCUT2D eigenvalue weighted by Crippen LogP contribution is -2.02. The van der Waals surface area contributed by atoms with E-state index >= 15 is 0 Å². The minimum absolute atomic E-state index is 0.0626. The second-order valence-corrected chi connectivity index (χ2v) is 2.33. The van der Waals surface area contributed by atoms with Crippen molar-refractivity contribution in [3.05, 3.63) is 28.8 Å². The van der Waals surface area contributed by atoms with E-state index in [1.165, 1.54) is 6.07 Å². The SMILES string of the molecule is N#Cc1nc(F)cc(C=O)c1C(F)F. The maximum absolute atomic E-state index is 12.6. The number of pyridine rings is 1. The number of carbonyl (C=O) groups excluding carboxylic acids is 1. The lowest BCUT2D eigenvalue weighted by Gasteiger charge is -2.04. The molecule has 0 radical (unpaired) electrons. The van der Waals surface area contributed by atoms with Crippen LogP contribution in [-0.4, -0.2) is 11.3 Å². The topological polar surface area (TPSA) is 53.8 Å². The maximum Gasteiger partial charge on any atom is 0.267 e. The summed E-state index contributed by atoms with van der Waals surface area (Å²) >= 11 is 0. The third-order valence-electron chi connectivity index (χ3n) is 1.51. The first kappa shape index (κ1) is 10.2. The van der Waals surface area contributed by atoms with Gasteiger partial charge in [0, 0.05) is 11.6 Å². The Hall–Kier alpha value is -1.90. The molecule has 0 aliphatic rings. The molecule has 0 bridgehead atoms. The van der Waals surface area contributed by atoms with E-state index in [1.54, 1.807) is 0 Å². The van der Waals surface area contributed by atoms with Crippen LogP contribution in [0.25, 0.3) is 0 Å². The molecule has 0 spiro atoms. The van der Waals surface area contributed by atoms with Gasteiger partial charge in [-0.05, 0) is 0 Å². The first-order chi connectivity index (χ1) is 6.60. The van der Waals surface area contributed by atoms with Gasteiger partial charge in [-0.25, -0.2) is 13.8 Å². The molecule has 1 aromatic rings. The van der Waals surface area contributed by atoms with E-state index in [0.717, 1.165) is 0 Å². The lowest BCUT2D eigenvalue weighted by molar-refractivity contribution is 0.110. The summed E-state index contributed by atoms with van der Waals surface area (Å²) < 4.78 is 37.2. The first-order valence-corrected chi connectivity index (χ1v) is 3.44. The summed E-state index contributed by atoms with van der Waals surface area (Å²) in [5, 5.41) is 8.38. The average molecular weight is 200 g/mol. The molecule has 14 heavy (non-hydrogen) atoms. The molecular weight excluding hydrogens is 197 g/mol. The number of carbonyl (C=O) groups is 1. The number of hydrogen-bond acceptors (Lipinski definition) is 3. The number of nitrogens with zero attached hydrogens (tertiary/aromatic N) is 2. The van der Waals surface area contributed by atoms with Crippen molar-refractivity contribution in [1.29, 1.82) is 5.26 Å². The third-order valence-corrected chi connectivity index (χ3v) is 1.51. The quantitative estimate of drug-likeness (QED) is 0.540. The van der Waals surface area contributed by atoms with Crippen molar-refractivity contribution in [2.24, 2.45) is 0 Å². The lowest BCUT2D eigenvalue weighted by atomic mass is 10.1. The summed E-state index contributed by atoms with van der Waals surface area (Å²) in [6, 6.07) is 1.87. The molecule has 0 aromatic carbocycles. The number of rotatable bonds is 2. The number of aldehydes is 1. The van der Waals surface area contributed by atoms with E-state index in [4.69, 9.17) is 5.26 Å². The second-order valence-electron chi connectivity index (χ2n) is 2.33. The van der Waals surface area contributed by atoms with Gasteiger partial charge in [0.25, 0.3) is 6.43 Å². The van der Waals surface area contributed by atoms with Crippen molar-refractivity contribution in [3.8, 4) is 6.07 Å². The largest absolute Gasteiger partial charge is 0.298 e. The van der Waals surface area contributed by atoms with Gasteiger partial charge in [0.15, 0.2) is 12.0 Å². The van der Waals surface area contributed by atoms with Crippen molar-refractivity contribution < 1.29 is 18.0 Å². The standard InChI is InChI=1S/C8H3F3N2O/c9-6-1-4(3-14)7(8(10)11)5(2-12)13-6/h1,3,8H. The Labute approximate surface area is 76.8 Å². The van der Waals surface area contributed by atoms with Gasteiger partial charge in [-0.1, -0.05) is 0 Å². The molecule has 0 saturated heterocycles. The number of aromatic nitrogens is 1. The van der Waals surface area contributed by atoms with Gasteiger partial charge in [0.2, 0.25) is 5.95 Å². The van der Waals surface area contributed by atoms with Gasteiger partial charge >= 0.3 is 0 Å². The smallest absolute Gasteiger partial charge is 0.267 e. The zero-order chi connectivity index (χ0) is 10.7. The summed E-state index contributed by atoms with van der Waals surface area (Å²) in [5.41, 5.74) is -2.14. The van der Waals surface area contributed by atoms with Crippen molar-refractivity contribution in [2.45, 2.75) is 6.43 Å². The third kappa shape index (κ3) is 1.71. The fraction of sp³-hybridized carbons (Fsp3) is 0.125. The van der Waals surface area contributed by atoms with Crippen LogP contribution >= 0.6 is 0 Å². The Kier molecular flexibility index (Phi) is 2.82. The van der Waals surface area contributed by atoms with Gasteiger partial charge in [0.05, 0.1) is 5.56 Å². The van der Waals surface area contributed by atoms with Crippen molar-refractivity contribution in [2.75, 3.05) is 0 Å². The molecule has 1 aromatic heterocycles. The van der Waals surface area contributed by atoms with Crippen molar-refractivity contribution in [3.63, 3.8) is 0 Å². The molecule has 0 atom stereocenters. The second kappa shape index (κ2) is 3.87. The van der Waals surface area contributed by atoms with Gasteiger partial charge < -0.3 is 0 Å². The van der Waals surface area contributed by atoms with Crippen molar-refractivity contribution >= 4 is 6.29 Å². The highest BCUT2D eigenvalue weighted by Gasteiger charge is 2.20. The average Bonchev–Trinajstić information content (AvgIpc) is 2.15. The molecule has 0 N–H and O–H groups in total. The van der Waals surface area contributed by atoms with E-state index < -0.39 is 29.2 Å². The van der Waals surface area contributed by atoms with Crippen LogP contribution in [0.5, 0.6) is 0 Å². The zero-order valence-electron chi connectivity index (χ0n) is 6.67. The molecule has 72 valence electrons. The number of hydrogen-bond donors (Lipinski definition) is 0. The zero-order valence-corrected chi connectivity index (χ0v) is 6.67. The Bertz CT molecular complexity index is 412. The summed E-state index contributed by atoms with van der Waals surface area (Å²) in [6.07, 6.45) is -2.97.